The zero-order chi connectivity index (χ0) is 12.5. The van der Waals surface area contributed by atoms with E-state index in [4.69, 9.17) is 4.84 Å². The highest BCUT2D eigenvalue weighted by Gasteiger charge is 2.34. The lowest BCUT2D eigenvalue weighted by molar-refractivity contribution is -0.171. The number of benzene rings is 1. The van der Waals surface area contributed by atoms with E-state index in [-0.39, 0.29) is 18.2 Å². The van der Waals surface area contributed by atoms with Crippen molar-refractivity contribution >= 4 is 17.5 Å². The average molecular weight is 246 g/mol. The number of fused-ring (bicyclic) bond motifs is 1. The highest BCUT2D eigenvalue weighted by molar-refractivity contribution is 6.00. The number of carbonyl (C=O) groups is 2. The van der Waals surface area contributed by atoms with Crippen LogP contribution in [-0.2, 0) is 14.4 Å². The van der Waals surface area contributed by atoms with Crippen LogP contribution in [0.15, 0.2) is 24.3 Å². The molecule has 5 nitrogen and oxygen atoms in total. The predicted octanol–water partition coefficient (Wildman–Crippen LogP) is 1.28. The Kier molecular flexibility index (Phi) is 2.76. The molecule has 2 aliphatic heterocycles. The highest BCUT2D eigenvalue weighted by atomic mass is 16.7. The van der Waals surface area contributed by atoms with E-state index in [2.05, 4.69) is 5.32 Å². The van der Waals surface area contributed by atoms with Gasteiger partial charge in [-0.3, -0.25) is 14.4 Å². The number of hydroxylamine groups is 2. The lowest BCUT2D eigenvalue weighted by atomic mass is 9.90. The van der Waals surface area contributed by atoms with Crippen LogP contribution >= 0.6 is 0 Å². The zero-order valence-electron chi connectivity index (χ0n) is 9.89. The molecule has 1 unspecified atom stereocenters. The summed E-state index contributed by atoms with van der Waals surface area (Å²) in [4.78, 5) is 29.2. The Hall–Kier alpha value is -1.88. The minimum atomic E-state index is -0.423. The Labute approximate surface area is 105 Å². The summed E-state index contributed by atoms with van der Waals surface area (Å²) >= 11 is 0. The van der Waals surface area contributed by atoms with Crippen molar-refractivity contribution in [2.45, 2.75) is 18.8 Å². The van der Waals surface area contributed by atoms with Crippen LogP contribution in [-0.4, -0.2) is 30.0 Å². The predicted molar refractivity (Wildman–Crippen MR) is 64.7 cm³/mol. The Balaban J connectivity index is 1.92. The van der Waals surface area contributed by atoms with Crippen LogP contribution in [0.5, 0.6) is 0 Å². The number of amides is 2. The van der Waals surface area contributed by atoms with Crippen molar-refractivity contribution in [3.63, 3.8) is 0 Å². The first kappa shape index (κ1) is 11.2. The second-order valence-electron chi connectivity index (χ2n) is 4.52. The topological polar surface area (TPSA) is 58.6 Å². The summed E-state index contributed by atoms with van der Waals surface area (Å²) in [6.07, 6.45) is 1.04. The van der Waals surface area contributed by atoms with Gasteiger partial charge in [-0.2, -0.15) is 0 Å². The minimum Gasteiger partial charge on any atom is -0.326 e. The molecule has 0 bridgehead atoms. The van der Waals surface area contributed by atoms with E-state index < -0.39 is 5.92 Å². The molecule has 1 atom stereocenters. The van der Waals surface area contributed by atoms with E-state index in [0.717, 1.165) is 17.7 Å². The fourth-order valence-electron chi connectivity index (χ4n) is 2.43. The van der Waals surface area contributed by atoms with Crippen LogP contribution in [0.25, 0.3) is 0 Å². The second-order valence-corrected chi connectivity index (χ2v) is 4.52. The third kappa shape index (κ3) is 1.86. The molecule has 94 valence electrons. The smallest absolute Gasteiger partial charge is 0.254 e. The van der Waals surface area contributed by atoms with E-state index in [1.807, 2.05) is 24.3 Å². The SMILES string of the molecule is O=C1CC(C(=O)N2CCCO2)c2ccccc2N1. The standard InChI is InChI=1S/C13H14N2O3/c16-12-8-10(13(17)15-6-3-7-18-15)9-4-1-2-5-11(9)14-12/h1-2,4-5,10H,3,6-8H2,(H,14,16). The van der Waals surface area contributed by atoms with Gasteiger partial charge in [0.15, 0.2) is 0 Å². The van der Waals surface area contributed by atoms with E-state index in [0.29, 0.717) is 13.2 Å². The molecule has 2 heterocycles. The number of nitrogens with one attached hydrogen (secondary N) is 1. The molecule has 18 heavy (non-hydrogen) atoms. The van der Waals surface area contributed by atoms with Crippen molar-refractivity contribution in [1.29, 1.82) is 0 Å². The first-order valence-electron chi connectivity index (χ1n) is 6.09. The van der Waals surface area contributed by atoms with Crippen LogP contribution in [0.4, 0.5) is 5.69 Å². The Morgan fingerprint density at radius 1 is 1.39 bits per heavy atom. The van der Waals surface area contributed by atoms with Crippen molar-refractivity contribution in [3.8, 4) is 0 Å². The van der Waals surface area contributed by atoms with Gasteiger partial charge in [-0.15, -0.1) is 0 Å². The third-order valence-electron chi connectivity index (χ3n) is 3.30. The van der Waals surface area contributed by atoms with Gasteiger partial charge in [-0.25, -0.2) is 5.06 Å². The van der Waals surface area contributed by atoms with Gasteiger partial charge < -0.3 is 5.32 Å². The van der Waals surface area contributed by atoms with Crippen molar-refractivity contribution in [1.82, 2.24) is 5.06 Å². The van der Waals surface area contributed by atoms with Crippen LogP contribution in [0.2, 0.25) is 0 Å². The molecular weight excluding hydrogens is 232 g/mol. The first-order chi connectivity index (χ1) is 8.75. The van der Waals surface area contributed by atoms with Gasteiger partial charge in [0, 0.05) is 12.1 Å². The molecule has 1 aromatic carbocycles. The minimum absolute atomic E-state index is 0.116. The molecule has 0 radical (unpaired) electrons. The number of rotatable bonds is 1. The Bertz CT molecular complexity index is 495. The van der Waals surface area contributed by atoms with Crippen molar-refractivity contribution in [3.05, 3.63) is 29.8 Å². The maximum Gasteiger partial charge on any atom is 0.254 e. The maximum atomic E-state index is 12.3. The maximum absolute atomic E-state index is 12.3. The third-order valence-corrected chi connectivity index (χ3v) is 3.30. The van der Waals surface area contributed by atoms with E-state index >= 15 is 0 Å². The molecule has 2 amide bonds. The van der Waals surface area contributed by atoms with E-state index in [1.54, 1.807) is 0 Å². The zero-order valence-corrected chi connectivity index (χ0v) is 9.89. The summed E-state index contributed by atoms with van der Waals surface area (Å²) in [5.74, 6) is -0.658. The average Bonchev–Trinajstić information content (AvgIpc) is 2.90. The molecule has 1 saturated heterocycles. The normalized spacial score (nSPS) is 22.6. The van der Waals surface area contributed by atoms with Gasteiger partial charge in [0.25, 0.3) is 5.91 Å². The number of carbonyl (C=O) groups excluding carboxylic acids is 2. The molecule has 0 spiro atoms. The van der Waals surface area contributed by atoms with Gasteiger partial charge in [0.2, 0.25) is 5.91 Å². The lowest BCUT2D eigenvalue weighted by Crippen LogP contribution is -2.36. The number of para-hydroxylation sites is 1. The number of hydrogen-bond acceptors (Lipinski definition) is 3. The fourth-order valence-corrected chi connectivity index (χ4v) is 2.43. The molecule has 1 aromatic rings. The summed E-state index contributed by atoms with van der Waals surface area (Å²) in [6.45, 7) is 1.19. The summed E-state index contributed by atoms with van der Waals surface area (Å²) in [5, 5.41) is 4.17. The van der Waals surface area contributed by atoms with Crippen molar-refractivity contribution in [2.24, 2.45) is 0 Å². The van der Waals surface area contributed by atoms with Gasteiger partial charge >= 0.3 is 0 Å². The summed E-state index contributed by atoms with van der Waals surface area (Å²) in [5.41, 5.74) is 1.60. The van der Waals surface area contributed by atoms with Gasteiger partial charge in [-0.1, -0.05) is 18.2 Å². The van der Waals surface area contributed by atoms with Crippen LogP contribution in [0, 0.1) is 0 Å². The summed E-state index contributed by atoms with van der Waals surface area (Å²) in [7, 11) is 0. The molecule has 3 rings (SSSR count). The number of anilines is 1. The van der Waals surface area contributed by atoms with E-state index in [9.17, 15) is 9.59 Å². The molecule has 1 N–H and O–H groups in total. The van der Waals surface area contributed by atoms with Crippen molar-refractivity contribution < 1.29 is 14.4 Å². The van der Waals surface area contributed by atoms with Crippen LogP contribution in [0.3, 0.4) is 0 Å². The second kappa shape index (κ2) is 4.42. The number of nitrogens with zero attached hydrogens (tertiary/aromatic N) is 1. The molecule has 0 aliphatic carbocycles. The number of hydrogen-bond donors (Lipinski definition) is 1. The van der Waals surface area contributed by atoms with Gasteiger partial charge in [0.05, 0.1) is 19.1 Å². The molecule has 2 aliphatic rings. The summed E-state index contributed by atoms with van der Waals surface area (Å²) < 4.78 is 0. The monoisotopic (exact) mass is 246 g/mol. The fraction of sp³-hybridized carbons (Fsp3) is 0.385. The Morgan fingerprint density at radius 2 is 2.22 bits per heavy atom. The summed E-state index contributed by atoms with van der Waals surface area (Å²) in [6, 6.07) is 7.42. The molecule has 0 aromatic heterocycles. The van der Waals surface area contributed by atoms with Gasteiger partial charge in [-0.05, 0) is 18.1 Å². The highest BCUT2D eigenvalue weighted by Crippen LogP contribution is 2.33. The molecule has 1 fully saturated rings. The molecule has 5 heteroatoms. The van der Waals surface area contributed by atoms with Gasteiger partial charge in [0.1, 0.15) is 0 Å². The van der Waals surface area contributed by atoms with Crippen LogP contribution < -0.4 is 5.32 Å². The van der Waals surface area contributed by atoms with Crippen LogP contribution in [0.1, 0.15) is 24.3 Å². The quantitative estimate of drug-likeness (QED) is 0.812. The lowest BCUT2D eigenvalue weighted by Gasteiger charge is -2.27. The first-order valence-corrected chi connectivity index (χ1v) is 6.09. The van der Waals surface area contributed by atoms with Crippen molar-refractivity contribution in [2.75, 3.05) is 18.5 Å². The molecular formula is C13H14N2O3. The molecule has 0 saturated carbocycles. The Morgan fingerprint density at radius 3 is 3.00 bits per heavy atom. The van der Waals surface area contributed by atoms with E-state index in [1.165, 1.54) is 5.06 Å². The largest absolute Gasteiger partial charge is 0.326 e.